The molecule has 142 valence electrons. The molecule has 0 N–H and O–H groups in total. The number of pyridine rings is 1. The molecule has 27 heavy (non-hydrogen) atoms. The van der Waals surface area contributed by atoms with E-state index >= 15 is 4.39 Å². The molecule has 0 amide bonds. The summed E-state index contributed by atoms with van der Waals surface area (Å²) in [5.41, 5.74) is -0.426. The first kappa shape index (κ1) is 17.8. The Balaban J connectivity index is 1.62. The van der Waals surface area contributed by atoms with Crippen molar-refractivity contribution in [2.75, 3.05) is 18.0 Å². The first-order chi connectivity index (χ1) is 12.9. The average Bonchev–Trinajstić information content (AvgIpc) is 3.05. The standard InChI is InChI=1S/C19H18F4N4/c20-18(14-5-2-1-3-6-14)9-11-26(12-10-18)17-8-4-7-15-24-25-16(27(15)17)13-19(21,22)23/h1-8H,9-13H2. The second kappa shape index (κ2) is 6.51. The number of nitrogens with zero attached hydrogens (tertiary/aromatic N) is 4. The maximum atomic E-state index is 15.3. The molecule has 0 aliphatic carbocycles. The molecule has 1 aliphatic rings. The van der Waals surface area contributed by atoms with Crippen molar-refractivity contribution in [2.24, 2.45) is 0 Å². The molecule has 0 spiro atoms. The van der Waals surface area contributed by atoms with Gasteiger partial charge < -0.3 is 4.90 Å². The van der Waals surface area contributed by atoms with Crippen molar-refractivity contribution < 1.29 is 17.6 Å². The number of hydrogen-bond donors (Lipinski definition) is 0. The Kier molecular flexibility index (Phi) is 4.28. The Hall–Kier alpha value is -2.64. The Labute approximate surface area is 153 Å². The van der Waals surface area contributed by atoms with Gasteiger partial charge in [0.05, 0.1) is 0 Å². The molecule has 4 rings (SSSR count). The quantitative estimate of drug-likeness (QED) is 0.637. The highest BCUT2D eigenvalue weighted by Crippen LogP contribution is 2.38. The van der Waals surface area contributed by atoms with Crippen LogP contribution in [0.4, 0.5) is 23.4 Å². The summed E-state index contributed by atoms with van der Waals surface area (Å²) < 4.78 is 55.4. The minimum atomic E-state index is -4.38. The number of anilines is 1. The summed E-state index contributed by atoms with van der Waals surface area (Å²) in [4.78, 5) is 1.90. The van der Waals surface area contributed by atoms with E-state index in [1.54, 1.807) is 30.3 Å². The third-order valence-corrected chi connectivity index (χ3v) is 5.00. The van der Waals surface area contributed by atoms with Gasteiger partial charge in [-0.25, -0.2) is 4.39 Å². The molecule has 0 unspecified atom stereocenters. The van der Waals surface area contributed by atoms with Crippen LogP contribution in [0.25, 0.3) is 5.65 Å². The molecule has 1 saturated heterocycles. The normalized spacial score (nSPS) is 17.4. The van der Waals surface area contributed by atoms with Gasteiger partial charge in [-0.15, -0.1) is 10.2 Å². The summed E-state index contributed by atoms with van der Waals surface area (Å²) in [6.07, 6.45) is -5.00. The zero-order chi connectivity index (χ0) is 19.1. The van der Waals surface area contributed by atoms with Gasteiger partial charge in [0.2, 0.25) is 0 Å². The van der Waals surface area contributed by atoms with Gasteiger partial charge >= 0.3 is 6.18 Å². The van der Waals surface area contributed by atoms with E-state index in [2.05, 4.69) is 10.2 Å². The van der Waals surface area contributed by atoms with E-state index in [1.807, 2.05) is 23.1 Å². The number of piperidine rings is 1. The van der Waals surface area contributed by atoms with E-state index in [1.165, 1.54) is 4.40 Å². The molecule has 0 saturated carbocycles. The predicted molar refractivity (Wildman–Crippen MR) is 93.4 cm³/mol. The lowest BCUT2D eigenvalue weighted by Gasteiger charge is -2.38. The Morgan fingerprint density at radius 1 is 0.926 bits per heavy atom. The zero-order valence-corrected chi connectivity index (χ0v) is 14.5. The molecule has 8 heteroatoms. The van der Waals surface area contributed by atoms with Gasteiger partial charge in [0.15, 0.2) is 5.65 Å². The van der Waals surface area contributed by atoms with E-state index in [0.717, 1.165) is 0 Å². The van der Waals surface area contributed by atoms with Crippen LogP contribution >= 0.6 is 0 Å². The SMILES string of the molecule is FC(F)(F)Cc1nnc2cccc(N3CCC(F)(c4ccccc4)CC3)n12. The summed E-state index contributed by atoms with van der Waals surface area (Å²) in [6.45, 7) is 0.794. The first-order valence-electron chi connectivity index (χ1n) is 8.75. The molecule has 1 aromatic carbocycles. The molecular weight excluding hydrogens is 360 g/mol. The number of halogens is 4. The third kappa shape index (κ3) is 3.48. The molecule has 0 bridgehead atoms. The first-order valence-corrected chi connectivity index (χ1v) is 8.75. The fourth-order valence-electron chi connectivity index (χ4n) is 3.64. The van der Waals surface area contributed by atoms with Gasteiger partial charge in [0.1, 0.15) is 23.7 Å². The Morgan fingerprint density at radius 3 is 2.30 bits per heavy atom. The van der Waals surface area contributed by atoms with Crippen molar-refractivity contribution in [3.8, 4) is 0 Å². The van der Waals surface area contributed by atoms with Gasteiger partial charge in [0.25, 0.3) is 0 Å². The summed E-state index contributed by atoms with van der Waals surface area (Å²) in [5.74, 6) is 0.403. The summed E-state index contributed by atoms with van der Waals surface area (Å²) in [5, 5.41) is 7.55. The van der Waals surface area contributed by atoms with Crippen LogP contribution in [0.1, 0.15) is 24.2 Å². The smallest absolute Gasteiger partial charge is 0.357 e. The van der Waals surface area contributed by atoms with Crippen LogP contribution < -0.4 is 4.90 Å². The van der Waals surface area contributed by atoms with Gasteiger partial charge in [-0.05, 0) is 17.7 Å². The monoisotopic (exact) mass is 378 g/mol. The number of rotatable bonds is 3. The largest absolute Gasteiger partial charge is 0.396 e. The lowest BCUT2D eigenvalue weighted by molar-refractivity contribution is -0.128. The predicted octanol–water partition coefficient (Wildman–Crippen LogP) is 4.30. The lowest BCUT2D eigenvalue weighted by Crippen LogP contribution is -2.41. The van der Waals surface area contributed by atoms with E-state index in [-0.39, 0.29) is 18.7 Å². The highest BCUT2D eigenvalue weighted by Gasteiger charge is 2.37. The molecule has 0 atom stereocenters. The molecular formula is C19H18F4N4. The van der Waals surface area contributed by atoms with Gasteiger partial charge in [-0.2, -0.15) is 13.2 Å². The van der Waals surface area contributed by atoms with Crippen molar-refractivity contribution >= 4 is 11.5 Å². The minimum absolute atomic E-state index is 0.159. The molecule has 1 fully saturated rings. The van der Waals surface area contributed by atoms with Gasteiger partial charge in [-0.3, -0.25) is 4.40 Å². The zero-order valence-electron chi connectivity index (χ0n) is 14.5. The molecule has 3 heterocycles. The van der Waals surface area contributed by atoms with Crippen LogP contribution in [0.15, 0.2) is 48.5 Å². The van der Waals surface area contributed by atoms with Crippen LogP contribution in [0.3, 0.4) is 0 Å². The number of alkyl halides is 4. The van der Waals surface area contributed by atoms with Crippen molar-refractivity contribution in [3.63, 3.8) is 0 Å². The minimum Gasteiger partial charge on any atom is -0.357 e. The summed E-state index contributed by atoms with van der Waals surface area (Å²) in [6, 6.07) is 14.1. The van der Waals surface area contributed by atoms with Crippen molar-refractivity contribution in [1.29, 1.82) is 0 Å². The fourth-order valence-corrected chi connectivity index (χ4v) is 3.64. The topological polar surface area (TPSA) is 33.4 Å². The fraction of sp³-hybridized carbons (Fsp3) is 0.368. The van der Waals surface area contributed by atoms with Crippen molar-refractivity contribution in [1.82, 2.24) is 14.6 Å². The molecule has 2 aromatic heterocycles. The number of hydrogen-bond acceptors (Lipinski definition) is 3. The maximum absolute atomic E-state index is 15.3. The summed E-state index contributed by atoms with van der Waals surface area (Å²) in [7, 11) is 0. The van der Waals surface area contributed by atoms with Crippen LogP contribution in [0.5, 0.6) is 0 Å². The molecule has 0 radical (unpaired) electrons. The van der Waals surface area contributed by atoms with Crippen LogP contribution in [-0.4, -0.2) is 33.9 Å². The van der Waals surface area contributed by atoms with Crippen LogP contribution in [0, 0.1) is 0 Å². The molecule has 4 nitrogen and oxygen atoms in total. The summed E-state index contributed by atoms with van der Waals surface area (Å²) >= 11 is 0. The van der Waals surface area contributed by atoms with E-state index in [4.69, 9.17) is 0 Å². The highest BCUT2D eigenvalue weighted by atomic mass is 19.4. The van der Waals surface area contributed by atoms with E-state index in [9.17, 15) is 13.2 Å². The third-order valence-electron chi connectivity index (χ3n) is 5.00. The average molecular weight is 378 g/mol. The lowest BCUT2D eigenvalue weighted by atomic mass is 9.86. The van der Waals surface area contributed by atoms with Gasteiger partial charge in [0, 0.05) is 25.9 Å². The van der Waals surface area contributed by atoms with Crippen molar-refractivity contribution in [3.05, 3.63) is 59.9 Å². The Bertz CT molecular complexity index is 928. The number of fused-ring (bicyclic) bond motifs is 1. The van der Waals surface area contributed by atoms with Crippen LogP contribution in [0.2, 0.25) is 0 Å². The maximum Gasteiger partial charge on any atom is 0.396 e. The molecule has 1 aliphatic heterocycles. The van der Waals surface area contributed by atoms with E-state index in [0.29, 0.717) is 30.1 Å². The number of aromatic nitrogens is 3. The highest BCUT2D eigenvalue weighted by molar-refractivity contribution is 5.52. The number of benzene rings is 1. The second-order valence-electron chi connectivity index (χ2n) is 6.80. The Morgan fingerprint density at radius 2 is 1.63 bits per heavy atom. The molecule has 3 aromatic rings. The van der Waals surface area contributed by atoms with Crippen molar-refractivity contribution in [2.45, 2.75) is 31.1 Å². The second-order valence-corrected chi connectivity index (χ2v) is 6.80. The van der Waals surface area contributed by atoms with E-state index < -0.39 is 18.3 Å². The van der Waals surface area contributed by atoms with Crippen LogP contribution in [-0.2, 0) is 12.1 Å². The van der Waals surface area contributed by atoms with Gasteiger partial charge in [-0.1, -0.05) is 36.4 Å².